The van der Waals surface area contributed by atoms with Gasteiger partial charge in [0.15, 0.2) is 0 Å². The smallest absolute Gasteiger partial charge is 0.126 e. The lowest BCUT2D eigenvalue weighted by molar-refractivity contribution is -0.0156. The number of hydrogen-bond donors (Lipinski definition) is 1. The Balaban J connectivity index is 1.56. The van der Waals surface area contributed by atoms with E-state index in [4.69, 9.17) is 4.74 Å². The molecule has 0 amide bonds. The molecule has 1 saturated heterocycles. The minimum atomic E-state index is 0.127. The molecule has 4 heterocycles. The first kappa shape index (κ1) is 15.0. The number of pyridine rings is 2. The Morgan fingerprint density at radius 2 is 1.83 bits per heavy atom. The Morgan fingerprint density at radius 1 is 1.08 bits per heavy atom. The van der Waals surface area contributed by atoms with E-state index in [1.54, 1.807) is 12.4 Å². The number of morpholine rings is 1. The molecule has 1 atom stereocenters. The summed E-state index contributed by atoms with van der Waals surface area (Å²) in [4.78, 5) is 18.6. The van der Waals surface area contributed by atoms with Crippen LogP contribution in [-0.4, -0.2) is 44.6 Å². The highest BCUT2D eigenvalue weighted by Crippen LogP contribution is 2.26. The lowest BCUT2D eigenvalue weighted by Crippen LogP contribution is -2.39. The van der Waals surface area contributed by atoms with Gasteiger partial charge in [-0.3, -0.25) is 14.9 Å². The molecule has 3 aromatic heterocycles. The highest BCUT2D eigenvalue weighted by molar-refractivity contribution is 5.57. The molecule has 1 aliphatic rings. The van der Waals surface area contributed by atoms with Gasteiger partial charge < -0.3 is 9.72 Å². The second-order valence-electron chi connectivity index (χ2n) is 5.83. The van der Waals surface area contributed by atoms with Crippen molar-refractivity contribution in [1.82, 2.24) is 24.8 Å². The summed E-state index contributed by atoms with van der Waals surface area (Å²) in [6, 6.07) is 8.18. The van der Waals surface area contributed by atoms with Crippen molar-refractivity contribution in [3.8, 4) is 11.3 Å². The highest BCUT2D eigenvalue weighted by atomic mass is 16.5. The lowest BCUT2D eigenvalue weighted by Gasteiger charge is -2.34. The Hall–Kier alpha value is -2.57. The fraction of sp³-hybridized carbons (Fsp3) is 0.278. The normalized spacial score (nSPS) is 18.6. The quantitative estimate of drug-likeness (QED) is 0.799. The first-order valence-electron chi connectivity index (χ1n) is 8.06. The van der Waals surface area contributed by atoms with Gasteiger partial charge in [0, 0.05) is 43.4 Å². The molecular formula is C18H19N5O. The molecule has 4 rings (SSSR count). The Kier molecular flexibility index (Phi) is 4.31. The molecule has 0 saturated carbocycles. The molecule has 0 aliphatic carbocycles. The van der Waals surface area contributed by atoms with Gasteiger partial charge in [0.1, 0.15) is 5.82 Å². The Bertz CT molecular complexity index is 774. The zero-order valence-corrected chi connectivity index (χ0v) is 13.3. The Labute approximate surface area is 140 Å². The summed E-state index contributed by atoms with van der Waals surface area (Å²) in [5.74, 6) is 0.940. The van der Waals surface area contributed by atoms with E-state index in [9.17, 15) is 0 Å². The molecule has 0 radical (unpaired) electrons. The lowest BCUT2D eigenvalue weighted by atomic mass is 10.1. The predicted molar refractivity (Wildman–Crippen MR) is 90.0 cm³/mol. The SMILES string of the molecule is c1cc(CN2CCOC[C@H]2c2ncc(-c3ccncc3)[nH]2)ccn1. The second kappa shape index (κ2) is 6.90. The van der Waals surface area contributed by atoms with Crippen LogP contribution in [0.3, 0.4) is 0 Å². The number of H-pyrrole nitrogens is 1. The number of rotatable bonds is 4. The van der Waals surface area contributed by atoms with Crippen molar-refractivity contribution in [2.24, 2.45) is 0 Å². The average Bonchev–Trinajstić information content (AvgIpc) is 3.14. The number of nitrogens with one attached hydrogen (secondary N) is 1. The number of ether oxygens (including phenoxy) is 1. The van der Waals surface area contributed by atoms with E-state index < -0.39 is 0 Å². The van der Waals surface area contributed by atoms with E-state index >= 15 is 0 Å². The maximum absolute atomic E-state index is 5.70. The van der Waals surface area contributed by atoms with E-state index in [-0.39, 0.29) is 6.04 Å². The van der Waals surface area contributed by atoms with E-state index in [1.165, 1.54) is 5.56 Å². The van der Waals surface area contributed by atoms with Crippen LogP contribution in [0.15, 0.2) is 55.2 Å². The van der Waals surface area contributed by atoms with Gasteiger partial charge in [0.05, 0.1) is 31.1 Å². The van der Waals surface area contributed by atoms with Crippen molar-refractivity contribution < 1.29 is 4.74 Å². The summed E-state index contributed by atoms with van der Waals surface area (Å²) in [5.41, 5.74) is 3.33. The third kappa shape index (κ3) is 3.20. The molecule has 122 valence electrons. The van der Waals surface area contributed by atoms with Gasteiger partial charge in [-0.25, -0.2) is 4.98 Å². The predicted octanol–water partition coefficient (Wildman–Crippen LogP) is 2.44. The summed E-state index contributed by atoms with van der Waals surface area (Å²) in [6.45, 7) is 3.15. The number of aromatic nitrogens is 4. The zero-order chi connectivity index (χ0) is 16.2. The molecule has 3 aromatic rings. The van der Waals surface area contributed by atoms with Crippen molar-refractivity contribution in [3.05, 3.63) is 66.6 Å². The molecule has 0 aromatic carbocycles. The molecular weight excluding hydrogens is 302 g/mol. The van der Waals surface area contributed by atoms with Crippen LogP contribution in [0.4, 0.5) is 0 Å². The van der Waals surface area contributed by atoms with Crippen LogP contribution < -0.4 is 0 Å². The van der Waals surface area contributed by atoms with Gasteiger partial charge >= 0.3 is 0 Å². The summed E-state index contributed by atoms with van der Waals surface area (Å²) in [6.07, 6.45) is 9.12. The van der Waals surface area contributed by atoms with Crippen molar-refractivity contribution >= 4 is 0 Å². The second-order valence-corrected chi connectivity index (χ2v) is 5.83. The fourth-order valence-electron chi connectivity index (χ4n) is 2.99. The van der Waals surface area contributed by atoms with E-state index in [0.717, 1.165) is 36.8 Å². The topological polar surface area (TPSA) is 66.9 Å². The van der Waals surface area contributed by atoms with Crippen LogP contribution >= 0.6 is 0 Å². The first-order chi connectivity index (χ1) is 11.9. The standard InChI is InChI=1S/C18H19N5O/c1-5-19-6-2-14(1)12-23-9-10-24-13-17(23)18-21-11-16(22-18)15-3-7-20-8-4-15/h1-8,11,17H,9-10,12-13H2,(H,21,22)/t17-/m0/s1. The molecule has 1 N–H and O–H groups in total. The molecule has 0 unspecified atom stereocenters. The molecule has 1 aliphatic heterocycles. The molecule has 24 heavy (non-hydrogen) atoms. The van der Waals surface area contributed by atoms with E-state index in [1.807, 2.05) is 30.7 Å². The summed E-state index contributed by atoms with van der Waals surface area (Å²) in [5, 5.41) is 0. The van der Waals surface area contributed by atoms with Gasteiger partial charge in [-0.1, -0.05) is 0 Å². The minimum Gasteiger partial charge on any atom is -0.378 e. The average molecular weight is 321 g/mol. The maximum atomic E-state index is 5.70. The van der Waals surface area contributed by atoms with Crippen LogP contribution in [0, 0.1) is 0 Å². The molecule has 0 bridgehead atoms. The summed E-state index contributed by atoms with van der Waals surface area (Å²) >= 11 is 0. The fourth-order valence-corrected chi connectivity index (χ4v) is 2.99. The van der Waals surface area contributed by atoms with Gasteiger partial charge in [-0.15, -0.1) is 0 Å². The van der Waals surface area contributed by atoms with Crippen molar-refractivity contribution in [2.75, 3.05) is 19.8 Å². The first-order valence-corrected chi connectivity index (χ1v) is 8.06. The number of imidazole rings is 1. The largest absolute Gasteiger partial charge is 0.378 e. The van der Waals surface area contributed by atoms with Crippen molar-refractivity contribution in [1.29, 1.82) is 0 Å². The van der Waals surface area contributed by atoms with Crippen LogP contribution in [-0.2, 0) is 11.3 Å². The molecule has 1 fully saturated rings. The number of nitrogens with zero attached hydrogens (tertiary/aromatic N) is 4. The molecule has 6 heteroatoms. The monoisotopic (exact) mass is 321 g/mol. The van der Waals surface area contributed by atoms with Gasteiger partial charge in [0.2, 0.25) is 0 Å². The van der Waals surface area contributed by atoms with Crippen LogP contribution in [0.1, 0.15) is 17.4 Å². The van der Waals surface area contributed by atoms with Gasteiger partial charge in [-0.2, -0.15) is 0 Å². The zero-order valence-electron chi connectivity index (χ0n) is 13.3. The number of aromatic amines is 1. The van der Waals surface area contributed by atoms with E-state index in [2.05, 4.69) is 37.0 Å². The third-order valence-electron chi connectivity index (χ3n) is 4.28. The van der Waals surface area contributed by atoms with Crippen LogP contribution in [0.2, 0.25) is 0 Å². The summed E-state index contributed by atoms with van der Waals surface area (Å²) < 4.78 is 5.70. The molecule has 6 nitrogen and oxygen atoms in total. The minimum absolute atomic E-state index is 0.127. The Morgan fingerprint density at radius 3 is 2.62 bits per heavy atom. The van der Waals surface area contributed by atoms with Gasteiger partial charge in [-0.05, 0) is 29.8 Å². The van der Waals surface area contributed by atoms with Crippen molar-refractivity contribution in [2.45, 2.75) is 12.6 Å². The summed E-state index contributed by atoms with van der Waals surface area (Å²) in [7, 11) is 0. The number of hydrogen-bond acceptors (Lipinski definition) is 5. The third-order valence-corrected chi connectivity index (χ3v) is 4.28. The van der Waals surface area contributed by atoms with Crippen molar-refractivity contribution in [3.63, 3.8) is 0 Å². The maximum Gasteiger partial charge on any atom is 0.126 e. The van der Waals surface area contributed by atoms with Crippen LogP contribution in [0.5, 0.6) is 0 Å². The highest BCUT2D eigenvalue weighted by Gasteiger charge is 2.27. The van der Waals surface area contributed by atoms with Gasteiger partial charge in [0.25, 0.3) is 0 Å². The van der Waals surface area contributed by atoms with E-state index in [0.29, 0.717) is 6.61 Å². The molecule has 0 spiro atoms. The van der Waals surface area contributed by atoms with Crippen LogP contribution in [0.25, 0.3) is 11.3 Å².